The van der Waals surface area contributed by atoms with Crippen LogP contribution in [-0.4, -0.2) is 31.1 Å². The van der Waals surface area contributed by atoms with Gasteiger partial charge in [0.25, 0.3) is 0 Å². The number of rotatable bonds is 11. The molecule has 8 nitrogen and oxygen atoms in total. The highest BCUT2D eigenvalue weighted by Gasteiger charge is 2.15. The maximum atomic E-state index is 12.5. The third-order valence-corrected chi connectivity index (χ3v) is 5.89. The van der Waals surface area contributed by atoms with Crippen LogP contribution in [0.4, 0.5) is 17.1 Å². The molecule has 0 fully saturated rings. The Morgan fingerprint density at radius 2 is 1.95 bits per heavy atom. The molecule has 1 heterocycles. The number of amides is 1. The summed E-state index contributed by atoms with van der Waals surface area (Å²) in [7, 11) is 1.80. The Morgan fingerprint density at radius 3 is 2.67 bits per heavy atom. The van der Waals surface area contributed by atoms with E-state index in [1.54, 1.807) is 25.3 Å². The summed E-state index contributed by atoms with van der Waals surface area (Å²) in [6, 6.07) is 20.7. The Balaban J connectivity index is 1.61. The molecule has 0 spiro atoms. The van der Waals surface area contributed by atoms with Crippen LogP contribution in [0.25, 0.3) is 10.9 Å². The third-order valence-electron chi connectivity index (χ3n) is 5.66. The van der Waals surface area contributed by atoms with Gasteiger partial charge in [-0.05, 0) is 62.0 Å². The van der Waals surface area contributed by atoms with E-state index < -0.39 is 0 Å². The Labute approximate surface area is 232 Å². The fraction of sp³-hybridized carbons (Fsp3) is 0.167. The molecule has 3 aromatic carbocycles. The number of pyridine rings is 1. The molecule has 3 N–H and O–H groups in total. The number of anilines is 3. The molecule has 0 saturated heterocycles. The number of nitrogens with zero attached hydrogens (tertiary/aromatic N) is 2. The number of halogens is 1. The van der Waals surface area contributed by atoms with Gasteiger partial charge in [-0.25, -0.2) is 0 Å². The van der Waals surface area contributed by atoms with E-state index in [1.165, 1.54) is 12.3 Å². The lowest BCUT2D eigenvalue weighted by molar-refractivity contribution is -0.111. The first-order valence-corrected chi connectivity index (χ1v) is 12.7. The van der Waals surface area contributed by atoms with Crippen LogP contribution in [0, 0.1) is 11.3 Å². The molecule has 0 aliphatic carbocycles. The van der Waals surface area contributed by atoms with Crippen molar-refractivity contribution in [1.82, 2.24) is 10.3 Å². The molecule has 0 atom stereocenters. The Bertz CT molecular complexity index is 1530. The Kier molecular flexibility index (Phi) is 9.35. The number of likely N-dealkylation sites (N-methyl/N-ethyl adjacent to an activating group) is 1. The summed E-state index contributed by atoms with van der Waals surface area (Å²) in [5, 5.41) is 20.3. The molecule has 9 heteroatoms. The minimum Gasteiger partial charge on any atom is -0.492 e. The second-order valence-corrected chi connectivity index (χ2v) is 8.91. The molecular formula is C30H28ClN5O3. The second kappa shape index (κ2) is 13.3. The summed E-state index contributed by atoms with van der Waals surface area (Å²) in [5.74, 6) is 0.890. The van der Waals surface area contributed by atoms with Crippen molar-refractivity contribution in [3.05, 3.63) is 95.2 Å². The van der Waals surface area contributed by atoms with Crippen LogP contribution >= 0.6 is 11.6 Å². The highest BCUT2D eigenvalue weighted by atomic mass is 35.5. The number of carbonyl (C=O) groups is 1. The summed E-state index contributed by atoms with van der Waals surface area (Å²) in [6.07, 6.45) is 4.69. The number of nitriles is 1. The third kappa shape index (κ3) is 7.26. The van der Waals surface area contributed by atoms with Gasteiger partial charge >= 0.3 is 0 Å². The lowest BCUT2D eigenvalue weighted by Crippen LogP contribution is -2.11. The maximum Gasteiger partial charge on any atom is 0.248 e. The number of fused-ring (bicyclic) bond motifs is 1. The van der Waals surface area contributed by atoms with Crippen LogP contribution in [0.3, 0.4) is 0 Å². The fourth-order valence-electron chi connectivity index (χ4n) is 3.84. The highest BCUT2D eigenvalue weighted by molar-refractivity contribution is 6.30. The number of benzene rings is 3. The zero-order valence-corrected chi connectivity index (χ0v) is 22.4. The van der Waals surface area contributed by atoms with E-state index in [0.717, 1.165) is 11.3 Å². The number of hydrogen-bond acceptors (Lipinski definition) is 7. The molecule has 0 saturated carbocycles. The van der Waals surface area contributed by atoms with Crippen molar-refractivity contribution in [3.8, 4) is 17.6 Å². The molecule has 198 valence electrons. The first-order valence-electron chi connectivity index (χ1n) is 12.4. The van der Waals surface area contributed by atoms with Crippen LogP contribution in [0.15, 0.2) is 79.0 Å². The minimum absolute atomic E-state index is 0.294. The molecule has 0 aliphatic rings. The summed E-state index contributed by atoms with van der Waals surface area (Å²) in [4.78, 5) is 16.9. The maximum absolute atomic E-state index is 12.5. The second-order valence-electron chi connectivity index (χ2n) is 8.47. The van der Waals surface area contributed by atoms with Crippen molar-refractivity contribution in [3.63, 3.8) is 0 Å². The molecular weight excluding hydrogens is 514 g/mol. The van der Waals surface area contributed by atoms with E-state index in [1.807, 2.05) is 55.5 Å². The van der Waals surface area contributed by atoms with Crippen LogP contribution < -0.4 is 25.4 Å². The van der Waals surface area contributed by atoms with Crippen LogP contribution in [0.2, 0.25) is 5.02 Å². The van der Waals surface area contributed by atoms with Gasteiger partial charge in [0, 0.05) is 41.0 Å². The van der Waals surface area contributed by atoms with Crippen molar-refractivity contribution in [1.29, 1.82) is 5.26 Å². The molecule has 0 radical (unpaired) electrons. The SMILES string of the molecule is CCOc1cc2ncc(C#N)c(Nc3ccc(OCc4cccc(Cl)c4)cc3)c2cc1NC(=O)/C=C/CNC. The first kappa shape index (κ1) is 27.5. The van der Waals surface area contributed by atoms with E-state index in [0.29, 0.717) is 64.1 Å². The van der Waals surface area contributed by atoms with Gasteiger partial charge in [0.1, 0.15) is 24.2 Å². The van der Waals surface area contributed by atoms with E-state index in [2.05, 4.69) is 27.0 Å². The predicted molar refractivity (Wildman–Crippen MR) is 155 cm³/mol. The van der Waals surface area contributed by atoms with Gasteiger partial charge in [-0.15, -0.1) is 0 Å². The van der Waals surface area contributed by atoms with Crippen LogP contribution in [0.5, 0.6) is 11.5 Å². The van der Waals surface area contributed by atoms with Gasteiger partial charge in [-0.2, -0.15) is 5.26 Å². The van der Waals surface area contributed by atoms with Gasteiger partial charge in [0.05, 0.1) is 29.1 Å². The van der Waals surface area contributed by atoms with E-state index in [4.69, 9.17) is 21.1 Å². The van der Waals surface area contributed by atoms with Crippen LogP contribution in [0.1, 0.15) is 18.1 Å². The summed E-state index contributed by atoms with van der Waals surface area (Å²) < 4.78 is 11.6. The Morgan fingerprint density at radius 1 is 1.13 bits per heavy atom. The largest absolute Gasteiger partial charge is 0.492 e. The average Bonchev–Trinajstić information content (AvgIpc) is 2.93. The monoisotopic (exact) mass is 541 g/mol. The predicted octanol–water partition coefficient (Wildman–Crippen LogP) is 6.20. The fourth-order valence-corrected chi connectivity index (χ4v) is 4.06. The van der Waals surface area contributed by atoms with Gasteiger partial charge in [-0.3, -0.25) is 9.78 Å². The lowest BCUT2D eigenvalue weighted by Gasteiger charge is -2.16. The van der Waals surface area contributed by atoms with Gasteiger partial charge < -0.3 is 25.4 Å². The molecule has 4 rings (SSSR count). The summed E-state index contributed by atoms with van der Waals surface area (Å²) in [5.41, 5.74) is 3.75. The number of ether oxygens (including phenoxy) is 2. The topological polar surface area (TPSA) is 108 Å². The average molecular weight is 542 g/mol. The normalized spacial score (nSPS) is 10.8. The molecule has 1 aromatic heterocycles. The van der Waals surface area contributed by atoms with Crippen LogP contribution in [-0.2, 0) is 11.4 Å². The van der Waals surface area contributed by atoms with Gasteiger partial charge in [0.2, 0.25) is 5.91 Å². The van der Waals surface area contributed by atoms with Crippen molar-refractivity contribution in [2.45, 2.75) is 13.5 Å². The standard InChI is InChI=1S/C30H28ClN5O3/c1-3-38-28-16-26-25(15-27(28)36-29(37)8-5-13-33-2)30(21(17-32)18-34-26)35-23-9-11-24(12-10-23)39-19-20-6-4-7-22(31)14-20/h4-12,14-16,18,33H,3,13,19H2,1-2H3,(H,34,35)(H,36,37)/b8-5+. The Hall–Kier alpha value is -4.58. The highest BCUT2D eigenvalue weighted by Crippen LogP contribution is 2.36. The lowest BCUT2D eigenvalue weighted by atomic mass is 10.1. The molecule has 0 aliphatic heterocycles. The zero-order valence-electron chi connectivity index (χ0n) is 21.6. The van der Waals surface area contributed by atoms with E-state index in [-0.39, 0.29) is 5.91 Å². The number of hydrogen-bond donors (Lipinski definition) is 3. The first-order chi connectivity index (χ1) is 19.0. The van der Waals surface area contributed by atoms with Gasteiger partial charge in [0.15, 0.2) is 0 Å². The molecule has 0 bridgehead atoms. The van der Waals surface area contributed by atoms with E-state index >= 15 is 0 Å². The van der Waals surface area contributed by atoms with Crippen molar-refractivity contribution >= 4 is 45.5 Å². The summed E-state index contributed by atoms with van der Waals surface area (Å²) >= 11 is 6.05. The smallest absolute Gasteiger partial charge is 0.248 e. The molecule has 1 amide bonds. The quantitative estimate of drug-likeness (QED) is 0.194. The molecule has 0 unspecified atom stereocenters. The molecule has 39 heavy (non-hydrogen) atoms. The molecule has 4 aromatic rings. The summed E-state index contributed by atoms with van der Waals surface area (Å²) in [6.45, 7) is 3.24. The van der Waals surface area contributed by atoms with Crippen molar-refractivity contribution in [2.75, 3.05) is 30.8 Å². The zero-order chi connectivity index (χ0) is 27.6. The van der Waals surface area contributed by atoms with Crippen molar-refractivity contribution in [2.24, 2.45) is 0 Å². The number of aromatic nitrogens is 1. The number of nitrogens with one attached hydrogen (secondary N) is 3. The van der Waals surface area contributed by atoms with E-state index in [9.17, 15) is 10.1 Å². The van der Waals surface area contributed by atoms with Crippen molar-refractivity contribution < 1.29 is 14.3 Å². The minimum atomic E-state index is -0.294. The van der Waals surface area contributed by atoms with Gasteiger partial charge in [-0.1, -0.05) is 29.8 Å². The number of carbonyl (C=O) groups excluding carboxylic acids is 1.